The Labute approximate surface area is 221 Å². The van der Waals surface area contributed by atoms with Gasteiger partial charge in [0.2, 0.25) is 5.91 Å². The van der Waals surface area contributed by atoms with Crippen molar-refractivity contribution >= 4 is 34.4 Å². The minimum absolute atomic E-state index is 0.0915. The molecule has 3 aromatic carbocycles. The van der Waals surface area contributed by atoms with Crippen LogP contribution in [0, 0.1) is 34.6 Å². The molecule has 1 aromatic heterocycles. The second-order valence-electron chi connectivity index (χ2n) is 9.57. The van der Waals surface area contributed by atoms with E-state index in [0.29, 0.717) is 16.8 Å². The predicted molar refractivity (Wildman–Crippen MR) is 149 cm³/mol. The van der Waals surface area contributed by atoms with Gasteiger partial charge in [0.25, 0.3) is 0 Å². The van der Waals surface area contributed by atoms with Gasteiger partial charge in [0.15, 0.2) is 5.78 Å². The number of carbonyl (C=O) groups is 3. The van der Waals surface area contributed by atoms with E-state index in [4.69, 9.17) is 0 Å². The molecule has 194 valence electrons. The van der Waals surface area contributed by atoms with Gasteiger partial charge in [-0.25, -0.2) is 4.98 Å². The minimum Gasteiger partial charge on any atom is -0.481 e. The van der Waals surface area contributed by atoms with E-state index in [1.807, 2.05) is 62.6 Å². The highest BCUT2D eigenvalue weighted by Gasteiger charge is 2.20. The minimum atomic E-state index is -0.910. The van der Waals surface area contributed by atoms with Crippen molar-refractivity contribution in [2.24, 2.45) is 0 Å². The molecule has 0 aliphatic heterocycles. The van der Waals surface area contributed by atoms with Crippen LogP contribution >= 0.6 is 0 Å². The number of imidazole rings is 1. The molecule has 1 atom stereocenters. The van der Waals surface area contributed by atoms with Crippen LogP contribution < -0.4 is 5.32 Å². The fourth-order valence-electron chi connectivity index (χ4n) is 4.86. The van der Waals surface area contributed by atoms with Crippen LogP contribution in [-0.4, -0.2) is 32.3 Å². The molecule has 1 amide bonds. The molecule has 1 heterocycles. The molecule has 0 aliphatic rings. The maximum Gasteiger partial charge on any atom is 0.305 e. The number of carboxylic acids is 1. The van der Waals surface area contributed by atoms with Crippen molar-refractivity contribution < 1.29 is 19.5 Å². The molecular weight excluding hydrogens is 478 g/mol. The van der Waals surface area contributed by atoms with Crippen molar-refractivity contribution in [1.29, 1.82) is 0 Å². The second kappa shape index (κ2) is 10.8. The summed E-state index contributed by atoms with van der Waals surface area (Å²) in [4.78, 5) is 41.6. The molecule has 0 spiro atoms. The van der Waals surface area contributed by atoms with E-state index in [-0.39, 0.29) is 12.2 Å². The summed E-state index contributed by atoms with van der Waals surface area (Å²) in [6.45, 7) is 9.93. The Balaban J connectivity index is 1.54. The number of carboxylic acid groups (broad SMARTS) is 1. The van der Waals surface area contributed by atoms with Crippen molar-refractivity contribution in [3.05, 3.63) is 106 Å². The molecule has 38 heavy (non-hydrogen) atoms. The van der Waals surface area contributed by atoms with Gasteiger partial charge in [0.1, 0.15) is 0 Å². The first-order valence-corrected chi connectivity index (χ1v) is 12.4. The summed E-state index contributed by atoms with van der Waals surface area (Å²) in [6.07, 6.45) is 4.08. The lowest BCUT2D eigenvalue weighted by Gasteiger charge is -2.18. The van der Waals surface area contributed by atoms with Gasteiger partial charge in [-0.05, 0) is 92.3 Å². The van der Waals surface area contributed by atoms with E-state index in [0.717, 1.165) is 33.3 Å². The zero-order chi connectivity index (χ0) is 27.6. The molecule has 0 fully saturated rings. The molecule has 1 unspecified atom stereocenters. The summed E-state index contributed by atoms with van der Waals surface area (Å²) < 4.78 is 1.83. The van der Waals surface area contributed by atoms with E-state index >= 15 is 0 Å². The summed E-state index contributed by atoms with van der Waals surface area (Å²) in [5.74, 6) is -1.55. The zero-order valence-electron chi connectivity index (χ0n) is 22.2. The summed E-state index contributed by atoms with van der Waals surface area (Å²) in [7, 11) is 0. The number of amides is 1. The Morgan fingerprint density at radius 2 is 1.53 bits per heavy atom. The Morgan fingerprint density at radius 3 is 2.16 bits per heavy atom. The number of fused-ring (bicyclic) bond motifs is 1. The molecule has 7 nitrogen and oxygen atoms in total. The Kier molecular flexibility index (Phi) is 7.57. The molecule has 0 radical (unpaired) electrons. The van der Waals surface area contributed by atoms with Gasteiger partial charge in [-0.2, -0.15) is 0 Å². The number of hydrogen-bond donors (Lipinski definition) is 2. The third-order valence-electron chi connectivity index (χ3n) is 7.36. The molecular formula is C31H31N3O4. The fourth-order valence-corrected chi connectivity index (χ4v) is 4.86. The summed E-state index contributed by atoms with van der Waals surface area (Å²) in [5, 5.41) is 12.3. The topological polar surface area (TPSA) is 101 Å². The average molecular weight is 510 g/mol. The first-order valence-electron chi connectivity index (χ1n) is 12.4. The van der Waals surface area contributed by atoms with Gasteiger partial charge < -0.3 is 15.0 Å². The predicted octanol–water partition coefficient (Wildman–Crippen LogP) is 6.02. The Hall–Kier alpha value is -4.52. The van der Waals surface area contributed by atoms with Crippen molar-refractivity contribution in [3.8, 4) is 0 Å². The molecule has 2 N–H and O–H groups in total. The second-order valence-corrected chi connectivity index (χ2v) is 9.57. The largest absolute Gasteiger partial charge is 0.481 e. The van der Waals surface area contributed by atoms with Gasteiger partial charge in [-0.3, -0.25) is 14.4 Å². The van der Waals surface area contributed by atoms with Gasteiger partial charge >= 0.3 is 5.97 Å². The van der Waals surface area contributed by atoms with Crippen LogP contribution in [-0.2, 0) is 9.59 Å². The van der Waals surface area contributed by atoms with Crippen molar-refractivity contribution in [3.63, 3.8) is 0 Å². The number of rotatable bonds is 8. The molecule has 0 saturated carbocycles. The zero-order valence-corrected chi connectivity index (χ0v) is 22.2. The number of carbonyl (C=O) groups excluding carboxylic acids is 2. The summed E-state index contributed by atoms with van der Waals surface area (Å²) >= 11 is 0. The number of aliphatic carboxylic acids is 1. The van der Waals surface area contributed by atoms with Crippen molar-refractivity contribution in [2.45, 2.75) is 47.1 Å². The van der Waals surface area contributed by atoms with E-state index in [2.05, 4.69) is 17.2 Å². The number of allylic oxidation sites excluding steroid dienone is 1. The lowest BCUT2D eigenvalue weighted by Crippen LogP contribution is -2.14. The van der Waals surface area contributed by atoms with Crippen LogP contribution in [0.1, 0.15) is 56.2 Å². The average Bonchev–Trinajstić information content (AvgIpc) is 3.31. The maximum absolute atomic E-state index is 13.0. The Morgan fingerprint density at radius 1 is 0.895 bits per heavy atom. The Bertz CT molecular complexity index is 1550. The molecule has 0 bridgehead atoms. The molecule has 0 aliphatic carbocycles. The van der Waals surface area contributed by atoms with E-state index in [1.54, 1.807) is 24.5 Å². The number of nitrogens with zero attached hydrogens (tertiary/aromatic N) is 2. The number of ketones is 1. The maximum atomic E-state index is 13.0. The molecule has 0 saturated heterocycles. The van der Waals surface area contributed by atoms with Crippen molar-refractivity contribution in [2.75, 3.05) is 5.32 Å². The van der Waals surface area contributed by atoms with Gasteiger partial charge in [-0.15, -0.1) is 0 Å². The highest BCUT2D eigenvalue weighted by Crippen LogP contribution is 2.29. The number of hydrogen-bond acceptors (Lipinski definition) is 4. The summed E-state index contributed by atoms with van der Waals surface area (Å²) in [5.41, 5.74) is 8.59. The monoisotopic (exact) mass is 509 g/mol. The standard InChI is InChI=1S/C31H31N3O4/c1-18-19(2)21(4)31(22(5)20(18)3)28(35)13-14-29(36)33-24-11-12-26-25(15-24)32-17-34(26)27(16-30(37)38)23-9-7-6-8-10-23/h6-15,17,27H,16H2,1-5H3,(H,33,36)(H,37,38)/b14-13+. The van der Waals surface area contributed by atoms with Gasteiger partial charge in [-0.1, -0.05) is 30.3 Å². The number of aromatic nitrogens is 2. The van der Waals surface area contributed by atoms with Gasteiger partial charge in [0, 0.05) is 17.3 Å². The summed E-state index contributed by atoms with van der Waals surface area (Å²) in [6, 6.07) is 14.3. The smallest absolute Gasteiger partial charge is 0.305 e. The highest BCUT2D eigenvalue weighted by atomic mass is 16.4. The van der Waals surface area contributed by atoms with Crippen LogP contribution in [0.15, 0.2) is 67.0 Å². The fraction of sp³-hybridized carbons (Fsp3) is 0.226. The number of anilines is 1. The molecule has 7 heteroatoms. The lowest BCUT2D eigenvalue weighted by atomic mass is 9.87. The SMILES string of the molecule is Cc1c(C)c(C)c(C(=O)/C=C/C(=O)Nc2ccc3c(c2)ncn3C(CC(=O)O)c2ccccc2)c(C)c1C. The third kappa shape index (κ3) is 5.27. The normalized spacial score (nSPS) is 12.1. The first-order chi connectivity index (χ1) is 18.1. The van der Waals surface area contributed by atoms with Gasteiger partial charge in [0.05, 0.1) is 29.8 Å². The van der Waals surface area contributed by atoms with Crippen LogP contribution in [0.2, 0.25) is 0 Å². The van der Waals surface area contributed by atoms with Crippen LogP contribution in [0.5, 0.6) is 0 Å². The number of nitrogens with one attached hydrogen (secondary N) is 1. The van der Waals surface area contributed by atoms with E-state index < -0.39 is 17.9 Å². The first kappa shape index (κ1) is 26.5. The molecule has 4 rings (SSSR count). The van der Waals surface area contributed by atoms with Crippen molar-refractivity contribution in [1.82, 2.24) is 9.55 Å². The van der Waals surface area contributed by atoms with E-state index in [1.165, 1.54) is 17.7 Å². The highest BCUT2D eigenvalue weighted by molar-refractivity contribution is 6.11. The third-order valence-corrected chi connectivity index (χ3v) is 7.36. The van der Waals surface area contributed by atoms with Crippen LogP contribution in [0.4, 0.5) is 5.69 Å². The number of benzene rings is 3. The van der Waals surface area contributed by atoms with Crippen LogP contribution in [0.3, 0.4) is 0 Å². The lowest BCUT2D eigenvalue weighted by molar-refractivity contribution is -0.137. The van der Waals surface area contributed by atoms with Crippen LogP contribution in [0.25, 0.3) is 11.0 Å². The van der Waals surface area contributed by atoms with E-state index in [9.17, 15) is 19.5 Å². The quantitative estimate of drug-likeness (QED) is 0.223. The molecule has 4 aromatic rings.